The minimum atomic E-state index is -2.78. The minimum absolute atomic E-state index is 0.110. The first-order chi connectivity index (χ1) is 13.3. The van der Waals surface area contributed by atoms with Gasteiger partial charge in [0.25, 0.3) is 0 Å². The van der Waals surface area contributed by atoms with Crippen molar-refractivity contribution in [1.29, 1.82) is 2.61 Å². The largest absolute Gasteiger partial charge is 0.208 e. The van der Waals surface area contributed by atoms with Crippen molar-refractivity contribution >= 4 is 77.8 Å². The Hall–Kier alpha value is 1.40. The van der Waals surface area contributed by atoms with E-state index in [1.165, 1.54) is 12.8 Å². The van der Waals surface area contributed by atoms with Crippen LogP contribution in [0, 0.1) is 0 Å². The van der Waals surface area contributed by atoms with Gasteiger partial charge in [-0.25, -0.2) is 16.8 Å². The van der Waals surface area contributed by atoms with E-state index in [2.05, 4.69) is 25.9 Å². The molecule has 0 saturated carbocycles. The monoisotopic (exact) mass is 504 g/mol. The van der Waals surface area contributed by atoms with Gasteiger partial charge in [-0.05, 0) is 44.4 Å². The van der Waals surface area contributed by atoms with Gasteiger partial charge in [-0.15, -0.1) is 0 Å². The molecule has 0 heterocycles. The van der Waals surface area contributed by atoms with Crippen molar-refractivity contribution in [2.45, 2.75) is 66.2 Å². The standard InChI is InChI=1S/C8H18OS2.C6H14O2S2.BHS.HOPS/c1-3-5-7-10-11(9)8-6-4-2;1-3-5-9-10(7,8)6-4-2;1-2;1-3-2/h3-8H2,1-2H3;3-6H2,1-2H3;1H;2H/i;;1T;2T. The molecule has 0 aromatic rings. The molecule has 1 unspecified atom stereocenters. The average Bonchev–Trinajstić information content (AvgIpc) is 2.66. The van der Waals surface area contributed by atoms with E-state index in [-0.39, 0.29) is 18.8 Å². The van der Waals surface area contributed by atoms with Crippen LogP contribution in [-0.4, -0.2) is 49.1 Å². The third kappa shape index (κ3) is 40.2. The number of hydrogen-bond acceptors (Lipinski definition) is 7. The smallest absolute Gasteiger partial charge is 0.110 e. The molecule has 0 amide bonds. The molecule has 0 fully saturated rings. The second-order valence-electron chi connectivity index (χ2n) is 4.70. The fourth-order valence-electron chi connectivity index (χ4n) is 1.14. The Morgan fingerprint density at radius 3 is 2.04 bits per heavy atom. The Bertz CT molecular complexity index is 494. The summed E-state index contributed by atoms with van der Waals surface area (Å²) in [6.07, 6.45) is 6.30. The van der Waals surface area contributed by atoms with Gasteiger partial charge < -0.3 is 0 Å². The summed E-state index contributed by atoms with van der Waals surface area (Å²) in [7, 11) is -0.338. The number of unbranched alkanes of at least 4 members (excludes halogenated alkanes) is 2. The summed E-state index contributed by atoms with van der Waals surface area (Å²) in [6, 6.07) is 0. The first kappa shape index (κ1) is 29.6. The van der Waals surface area contributed by atoms with Crippen molar-refractivity contribution in [3.05, 3.63) is 0 Å². The Labute approximate surface area is 185 Å². The molecule has 0 aliphatic rings. The molecule has 0 rings (SSSR count). The maximum absolute atomic E-state index is 11.2. The molecule has 0 spiro atoms. The van der Waals surface area contributed by atoms with Gasteiger partial charge in [0.1, 0.15) is 12.1 Å². The number of hydrogen-bond donors (Lipinski definition) is 0. The summed E-state index contributed by atoms with van der Waals surface area (Å²) in [5.41, 5.74) is 0. The SMILES string of the molecule is CCCCSS(=O)CCCC.CCCSS(=O)(=O)CCC.[3H]B=S.[3H]P=S=O. The second kappa shape index (κ2) is 31.1. The van der Waals surface area contributed by atoms with E-state index < -0.39 is 18.7 Å². The zero-order valence-corrected chi connectivity index (χ0v) is 22.0. The van der Waals surface area contributed by atoms with E-state index >= 15 is 0 Å². The van der Waals surface area contributed by atoms with Crippen LogP contribution >= 0.6 is 41.6 Å². The van der Waals surface area contributed by atoms with E-state index in [0.717, 1.165) is 60.4 Å². The predicted molar refractivity (Wildman–Crippen MR) is 133 cm³/mol. The molecule has 0 N–H and O–H groups in total. The zero-order chi connectivity index (χ0) is 22.7. The molecule has 0 bridgehead atoms. The van der Waals surface area contributed by atoms with Gasteiger partial charge in [-0.3, -0.25) is 0 Å². The fourth-order valence-corrected chi connectivity index (χ4v) is 7.14. The summed E-state index contributed by atoms with van der Waals surface area (Å²) >= 11 is 3.94. The van der Waals surface area contributed by atoms with Crippen molar-refractivity contribution in [3.63, 3.8) is 0 Å². The van der Waals surface area contributed by atoms with E-state index in [1.807, 2.05) is 13.8 Å². The Morgan fingerprint density at radius 2 is 1.65 bits per heavy atom. The van der Waals surface area contributed by atoms with E-state index in [0.29, 0.717) is 5.75 Å². The topological polar surface area (TPSA) is 68.3 Å². The van der Waals surface area contributed by atoms with Crippen molar-refractivity contribution < 1.29 is 16.8 Å². The van der Waals surface area contributed by atoms with E-state index in [9.17, 15) is 12.6 Å². The van der Waals surface area contributed by atoms with Crippen LogP contribution in [-0.2, 0) is 29.5 Å². The maximum Gasteiger partial charge on any atom is 0.110 e. The molecule has 0 aliphatic heterocycles. The van der Waals surface area contributed by atoms with Crippen molar-refractivity contribution in [3.8, 4) is 0 Å². The Morgan fingerprint density at radius 1 is 1.12 bits per heavy atom. The molecule has 0 saturated heterocycles. The molecule has 1 atom stereocenters. The quantitative estimate of drug-likeness (QED) is 0.158. The van der Waals surface area contributed by atoms with Crippen LogP contribution in [0.25, 0.3) is 0 Å². The molecule has 0 aromatic heterocycles. The Balaban J connectivity index is -0.000000155. The van der Waals surface area contributed by atoms with Gasteiger partial charge in [0.15, 0.2) is 0 Å². The van der Waals surface area contributed by atoms with Crippen LogP contribution in [0.3, 0.4) is 0 Å². The van der Waals surface area contributed by atoms with E-state index in [1.54, 1.807) is 10.8 Å². The van der Waals surface area contributed by atoms with Gasteiger partial charge >= 0.3 is 20.1 Å². The zero-order valence-electron chi connectivity index (χ0n) is 18.2. The van der Waals surface area contributed by atoms with Gasteiger partial charge in [-0.2, -0.15) is 0 Å². The predicted octanol–water partition coefficient (Wildman–Crippen LogP) is 5.11. The molecule has 0 radical (unpaired) electrons. The summed E-state index contributed by atoms with van der Waals surface area (Å²) in [5, 5.41) is 0. The van der Waals surface area contributed by atoms with Crippen molar-refractivity contribution in [2.24, 2.45) is 0 Å². The first-order valence-corrected chi connectivity index (χ1v) is 16.6. The van der Waals surface area contributed by atoms with Crippen LogP contribution in [0.4, 0.5) is 0 Å². The molecule has 4 nitrogen and oxygen atoms in total. The molecule has 0 aromatic carbocycles. The van der Waals surface area contributed by atoms with Crippen LogP contribution in [0.1, 0.15) is 66.2 Å². The third-order valence-corrected chi connectivity index (χ3v) is 9.35. The average molecular weight is 505 g/mol. The minimum Gasteiger partial charge on any atom is -0.208 e. The van der Waals surface area contributed by atoms with Crippen LogP contribution in [0.5, 0.6) is 0 Å². The molecular formula is C14H34BO4PS6. The summed E-state index contributed by atoms with van der Waals surface area (Å²) in [4.78, 5) is 0. The first-order valence-electron chi connectivity index (χ1n) is 9.43. The molecular weight excluding hydrogens is 466 g/mol. The fraction of sp³-hybridized carbons (Fsp3) is 1.00. The maximum atomic E-state index is 11.2. The van der Waals surface area contributed by atoms with Crippen LogP contribution < -0.4 is 0 Å². The van der Waals surface area contributed by atoms with Gasteiger partial charge in [0, 0.05) is 17.3 Å². The van der Waals surface area contributed by atoms with Gasteiger partial charge in [0.05, 0.1) is 15.6 Å². The van der Waals surface area contributed by atoms with Crippen molar-refractivity contribution in [1.82, 2.24) is 0 Å². The molecule has 0 aliphatic carbocycles. The normalized spacial score (nSPS) is 11.7. The summed E-state index contributed by atoms with van der Waals surface area (Å²) in [6.45, 7) is 8.99. The Kier molecular flexibility index (Phi) is 35.4. The van der Waals surface area contributed by atoms with Gasteiger partial charge in [-0.1, -0.05) is 51.3 Å². The van der Waals surface area contributed by atoms with Crippen LogP contribution in [0.2, 0.25) is 0 Å². The summed E-state index contributed by atoms with van der Waals surface area (Å²) < 4.78 is 54.0. The molecule has 26 heavy (non-hydrogen) atoms. The van der Waals surface area contributed by atoms with Gasteiger partial charge in [0.2, 0.25) is 8.87 Å². The van der Waals surface area contributed by atoms with Crippen LogP contribution in [0.15, 0.2) is 0 Å². The number of rotatable bonds is 12. The van der Waals surface area contributed by atoms with Crippen molar-refractivity contribution in [2.75, 3.05) is 23.0 Å². The van der Waals surface area contributed by atoms with E-state index in [4.69, 9.17) is 6.82 Å². The summed E-state index contributed by atoms with van der Waals surface area (Å²) in [5.74, 6) is 2.98. The third-order valence-electron chi connectivity index (χ3n) is 2.30. The molecule has 12 heteroatoms. The molecule has 158 valence electrons. The second-order valence-corrected chi connectivity index (χ2v) is 13.2.